The smallest absolute Gasteiger partial charge is 0.164 e. The molecule has 2 aliphatic rings. The molecule has 0 unspecified atom stereocenters. The lowest BCUT2D eigenvalue weighted by atomic mass is 10.1. The second-order valence-electron chi connectivity index (χ2n) is 4.57. The molecule has 0 radical (unpaired) electrons. The van der Waals surface area contributed by atoms with Crippen LogP contribution in [0, 0.1) is 0 Å². The van der Waals surface area contributed by atoms with Gasteiger partial charge in [-0.15, -0.1) is 11.6 Å². The zero-order chi connectivity index (χ0) is 10.9. The van der Waals surface area contributed by atoms with E-state index in [2.05, 4.69) is 4.99 Å². The van der Waals surface area contributed by atoms with Crippen molar-refractivity contribution in [3.8, 4) is 0 Å². The Kier molecular flexibility index (Phi) is 3.33. The van der Waals surface area contributed by atoms with Gasteiger partial charge in [0.1, 0.15) is 12.2 Å². The lowest BCUT2D eigenvalue weighted by Gasteiger charge is -2.18. The van der Waals surface area contributed by atoms with Crippen molar-refractivity contribution in [1.29, 1.82) is 0 Å². The van der Waals surface area contributed by atoms with Crippen LogP contribution >= 0.6 is 11.6 Å². The van der Waals surface area contributed by atoms with E-state index < -0.39 is 5.79 Å². The molecule has 86 valence electrons. The maximum atomic E-state index is 5.83. The molecule has 0 N–H and O–H groups in total. The van der Waals surface area contributed by atoms with Crippen LogP contribution in [0.4, 0.5) is 0 Å². The van der Waals surface area contributed by atoms with Crippen LogP contribution in [0.5, 0.6) is 0 Å². The van der Waals surface area contributed by atoms with Gasteiger partial charge in [-0.1, -0.05) is 0 Å². The van der Waals surface area contributed by atoms with Crippen molar-refractivity contribution in [2.45, 2.75) is 51.1 Å². The maximum absolute atomic E-state index is 5.83. The Bertz CT molecular complexity index is 265. The van der Waals surface area contributed by atoms with E-state index in [0.29, 0.717) is 0 Å². The Labute approximate surface area is 95.8 Å². The largest absolute Gasteiger partial charge is 0.342 e. The molecule has 3 nitrogen and oxygen atoms in total. The van der Waals surface area contributed by atoms with Crippen LogP contribution in [0.1, 0.15) is 33.1 Å². The molecule has 1 saturated heterocycles. The number of hydrogen-bond donors (Lipinski definition) is 0. The van der Waals surface area contributed by atoms with E-state index in [9.17, 15) is 0 Å². The van der Waals surface area contributed by atoms with E-state index in [1.54, 1.807) is 0 Å². The molecule has 0 aromatic rings. The first-order valence-electron chi connectivity index (χ1n) is 5.57. The molecule has 15 heavy (non-hydrogen) atoms. The topological polar surface area (TPSA) is 30.8 Å². The number of alkyl halides is 1. The number of fused-ring (bicyclic) bond motifs is 1. The molecule has 2 atom stereocenters. The first kappa shape index (κ1) is 11.4. The lowest BCUT2D eigenvalue weighted by molar-refractivity contribution is -0.141. The molecule has 0 aliphatic carbocycles. The predicted molar refractivity (Wildman–Crippen MR) is 60.7 cm³/mol. The molecule has 0 amide bonds. The standard InChI is InChI=1S/C11H18ClNO2/c1-11(2)14-9-7-13-8(10(9)15-11)5-3-4-6-12/h9-10H,3-7H2,1-2H3/t9-,10+/m1/s1. The molecule has 4 heteroatoms. The van der Waals surface area contributed by atoms with Gasteiger partial charge in [-0.05, 0) is 33.1 Å². The minimum Gasteiger partial charge on any atom is -0.342 e. The van der Waals surface area contributed by atoms with Crippen molar-refractivity contribution in [1.82, 2.24) is 0 Å². The number of rotatable bonds is 4. The average molecular weight is 232 g/mol. The summed E-state index contributed by atoms with van der Waals surface area (Å²) >= 11 is 5.65. The summed E-state index contributed by atoms with van der Waals surface area (Å²) in [5, 5.41) is 0. The average Bonchev–Trinajstić information content (AvgIpc) is 2.63. The molecule has 1 fully saturated rings. The van der Waals surface area contributed by atoms with Crippen LogP contribution in [0.15, 0.2) is 4.99 Å². The number of ether oxygens (including phenoxy) is 2. The zero-order valence-corrected chi connectivity index (χ0v) is 10.1. The van der Waals surface area contributed by atoms with E-state index in [0.717, 1.165) is 37.4 Å². The zero-order valence-electron chi connectivity index (χ0n) is 9.33. The van der Waals surface area contributed by atoms with Gasteiger partial charge >= 0.3 is 0 Å². The molecule has 0 spiro atoms. The number of hydrogen-bond acceptors (Lipinski definition) is 3. The van der Waals surface area contributed by atoms with Crippen molar-refractivity contribution < 1.29 is 9.47 Å². The van der Waals surface area contributed by atoms with Crippen molar-refractivity contribution >= 4 is 17.3 Å². The van der Waals surface area contributed by atoms with Gasteiger partial charge in [0, 0.05) is 11.6 Å². The fourth-order valence-electron chi connectivity index (χ4n) is 2.17. The van der Waals surface area contributed by atoms with Crippen molar-refractivity contribution in [3.63, 3.8) is 0 Å². The Morgan fingerprint density at radius 1 is 1.40 bits per heavy atom. The van der Waals surface area contributed by atoms with Gasteiger partial charge in [-0.25, -0.2) is 0 Å². The van der Waals surface area contributed by atoms with Crippen LogP contribution in [-0.2, 0) is 9.47 Å². The summed E-state index contributed by atoms with van der Waals surface area (Å²) in [5.41, 5.74) is 1.16. The predicted octanol–water partition coefficient (Wildman–Crippen LogP) is 2.37. The fourth-order valence-corrected chi connectivity index (χ4v) is 2.36. The molecular formula is C11H18ClNO2. The van der Waals surface area contributed by atoms with Crippen molar-refractivity contribution in [2.75, 3.05) is 12.4 Å². The Morgan fingerprint density at radius 3 is 2.93 bits per heavy atom. The third-order valence-electron chi connectivity index (χ3n) is 2.80. The van der Waals surface area contributed by atoms with Crippen LogP contribution in [0.25, 0.3) is 0 Å². The molecular weight excluding hydrogens is 214 g/mol. The monoisotopic (exact) mass is 231 g/mol. The van der Waals surface area contributed by atoms with Gasteiger partial charge in [-0.3, -0.25) is 4.99 Å². The number of halogens is 1. The third-order valence-corrected chi connectivity index (χ3v) is 3.07. The summed E-state index contributed by atoms with van der Waals surface area (Å²) in [4.78, 5) is 4.48. The van der Waals surface area contributed by atoms with E-state index >= 15 is 0 Å². The number of nitrogens with zero attached hydrogens (tertiary/aromatic N) is 1. The first-order valence-corrected chi connectivity index (χ1v) is 6.11. The summed E-state index contributed by atoms with van der Waals surface area (Å²) in [7, 11) is 0. The van der Waals surface area contributed by atoms with Gasteiger partial charge in [0.25, 0.3) is 0 Å². The summed E-state index contributed by atoms with van der Waals surface area (Å²) in [6.45, 7) is 4.67. The molecule has 0 aromatic carbocycles. The quantitative estimate of drug-likeness (QED) is 0.550. The van der Waals surface area contributed by atoms with Crippen LogP contribution in [0.2, 0.25) is 0 Å². The van der Waals surface area contributed by atoms with Gasteiger partial charge in [0.2, 0.25) is 0 Å². The molecule has 0 saturated carbocycles. The Morgan fingerprint density at radius 2 is 2.20 bits per heavy atom. The van der Waals surface area contributed by atoms with E-state index in [-0.39, 0.29) is 12.2 Å². The lowest BCUT2D eigenvalue weighted by Crippen LogP contribution is -2.27. The van der Waals surface area contributed by atoms with Gasteiger partial charge < -0.3 is 9.47 Å². The highest BCUT2D eigenvalue weighted by atomic mass is 35.5. The number of unbranched alkanes of at least 4 members (excludes halogenated alkanes) is 1. The van der Waals surface area contributed by atoms with Gasteiger partial charge in [0.05, 0.1) is 6.54 Å². The Hall–Kier alpha value is -0.120. The highest BCUT2D eigenvalue weighted by Crippen LogP contribution is 2.33. The minimum absolute atomic E-state index is 0.0929. The summed E-state index contributed by atoms with van der Waals surface area (Å²) in [5.74, 6) is 0.285. The summed E-state index contributed by atoms with van der Waals surface area (Å²) in [6, 6.07) is 0. The van der Waals surface area contributed by atoms with Crippen LogP contribution < -0.4 is 0 Å². The molecule has 2 heterocycles. The molecule has 0 bridgehead atoms. The van der Waals surface area contributed by atoms with Crippen molar-refractivity contribution in [2.24, 2.45) is 4.99 Å². The Balaban J connectivity index is 1.88. The number of aliphatic imine (C=N–C) groups is 1. The fraction of sp³-hybridized carbons (Fsp3) is 0.909. The molecule has 0 aromatic heterocycles. The second-order valence-corrected chi connectivity index (χ2v) is 4.95. The summed E-state index contributed by atoms with van der Waals surface area (Å²) in [6.07, 6.45) is 3.37. The maximum Gasteiger partial charge on any atom is 0.164 e. The van der Waals surface area contributed by atoms with Crippen LogP contribution in [-0.4, -0.2) is 36.1 Å². The summed E-state index contributed by atoms with van der Waals surface area (Å²) < 4.78 is 11.6. The first-order chi connectivity index (χ1) is 7.12. The van der Waals surface area contributed by atoms with Gasteiger partial charge in [0.15, 0.2) is 5.79 Å². The minimum atomic E-state index is -0.441. The molecule has 2 rings (SSSR count). The van der Waals surface area contributed by atoms with E-state index in [4.69, 9.17) is 21.1 Å². The van der Waals surface area contributed by atoms with Gasteiger partial charge in [-0.2, -0.15) is 0 Å². The van der Waals surface area contributed by atoms with Crippen molar-refractivity contribution in [3.05, 3.63) is 0 Å². The normalized spacial score (nSPS) is 32.9. The molecule has 2 aliphatic heterocycles. The SMILES string of the molecule is CC1(C)O[C@@H]2CN=C(CCCCCl)[C@@H]2O1. The highest BCUT2D eigenvalue weighted by Gasteiger charge is 2.46. The van der Waals surface area contributed by atoms with E-state index in [1.807, 2.05) is 13.8 Å². The van der Waals surface area contributed by atoms with E-state index in [1.165, 1.54) is 0 Å². The third kappa shape index (κ3) is 2.52. The highest BCUT2D eigenvalue weighted by molar-refractivity contribution is 6.17. The second kappa shape index (κ2) is 4.40. The van der Waals surface area contributed by atoms with Crippen LogP contribution in [0.3, 0.4) is 0 Å².